The largest absolute Gasteiger partial charge is 0.493 e. The van der Waals surface area contributed by atoms with E-state index in [0.29, 0.717) is 47.2 Å². The van der Waals surface area contributed by atoms with Crippen LogP contribution in [0.4, 0.5) is 0 Å². The zero-order chi connectivity index (χ0) is 24.2. The lowest BCUT2D eigenvalue weighted by atomic mass is 10.2. The molecule has 10 nitrogen and oxygen atoms in total. The molecule has 34 heavy (non-hydrogen) atoms. The van der Waals surface area contributed by atoms with E-state index < -0.39 is 11.2 Å². The number of nitrogens with one attached hydrogen (secondary N) is 1. The van der Waals surface area contributed by atoms with Gasteiger partial charge in [0, 0.05) is 23.1 Å². The minimum Gasteiger partial charge on any atom is -0.493 e. The number of methoxy groups -OCH3 is 1. The molecule has 0 unspecified atom stereocenters. The van der Waals surface area contributed by atoms with Crippen molar-refractivity contribution in [2.75, 3.05) is 40.0 Å². The molecule has 3 aromatic rings. The van der Waals surface area contributed by atoms with Crippen LogP contribution in [0.3, 0.4) is 0 Å². The number of rotatable bonds is 6. The van der Waals surface area contributed by atoms with Gasteiger partial charge >= 0.3 is 5.69 Å². The van der Waals surface area contributed by atoms with Crippen LogP contribution in [-0.2, 0) is 9.53 Å². The highest BCUT2D eigenvalue weighted by Crippen LogP contribution is 2.42. The van der Waals surface area contributed by atoms with Crippen LogP contribution in [0, 0.1) is 0 Å². The lowest BCUT2D eigenvalue weighted by Crippen LogP contribution is -2.43. The Morgan fingerprint density at radius 1 is 1.29 bits per heavy atom. The van der Waals surface area contributed by atoms with Crippen LogP contribution in [0.25, 0.3) is 10.9 Å². The highest BCUT2D eigenvalue weighted by molar-refractivity contribution is 9.10. The zero-order valence-corrected chi connectivity index (χ0v) is 20.4. The molecule has 178 valence electrons. The third kappa shape index (κ3) is 4.86. The Kier molecular flexibility index (Phi) is 7.35. The topological polar surface area (TPSA) is 115 Å². The molecule has 0 radical (unpaired) electrons. The summed E-state index contributed by atoms with van der Waals surface area (Å²) in [7, 11) is 1.43. The maximum atomic E-state index is 12.7. The summed E-state index contributed by atoms with van der Waals surface area (Å²) < 4.78 is 17.4. The van der Waals surface area contributed by atoms with Gasteiger partial charge < -0.3 is 24.1 Å². The number of fused-ring (bicyclic) bond motifs is 1. The number of ether oxygens (including phenoxy) is 3. The highest BCUT2D eigenvalue weighted by atomic mass is 79.9. The molecule has 0 aliphatic carbocycles. The molecule has 1 fully saturated rings. The smallest absolute Gasteiger partial charge is 0.349 e. The SMILES string of the molecule is COc1cc(C=Nn2c(=O)[nH]c3ccccc3c2=O)c(Br)c(Cl)c1OCC(=O)N1CCOCC1. The summed E-state index contributed by atoms with van der Waals surface area (Å²) in [6.45, 7) is 1.74. The number of hydrogen-bond acceptors (Lipinski definition) is 7. The lowest BCUT2D eigenvalue weighted by Gasteiger charge is -2.27. The van der Waals surface area contributed by atoms with Gasteiger partial charge in [0.1, 0.15) is 5.02 Å². The van der Waals surface area contributed by atoms with Crippen molar-refractivity contribution in [2.45, 2.75) is 0 Å². The van der Waals surface area contributed by atoms with Gasteiger partial charge in [0.2, 0.25) is 0 Å². The number of nitrogens with zero attached hydrogens (tertiary/aromatic N) is 3. The fourth-order valence-corrected chi connectivity index (χ4v) is 4.05. The fourth-order valence-electron chi connectivity index (χ4n) is 3.40. The minimum absolute atomic E-state index is 0.148. The molecule has 2 aromatic carbocycles. The number of carbonyl (C=O) groups excluding carboxylic acids is 1. The second-order valence-corrected chi connectivity index (χ2v) is 8.42. The molecule has 12 heteroatoms. The number of halogens is 2. The third-order valence-electron chi connectivity index (χ3n) is 5.18. The standard InChI is InChI=1S/C22H20BrClN4O6/c1-32-16-10-13(11-25-28-21(30)14-4-2-3-5-15(14)26-22(28)31)18(23)19(24)20(16)34-12-17(29)27-6-8-33-9-7-27/h2-5,10-11H,6-9,12H2,1H3,(H,26,31). The molecule has 0 bridgehead atoms. The van der Waals surface area contributed by atoms with Crippen LogP contribution >= 0.6 is 27.5 Å². The summed E-state index contributed by atoms with van der Waals surface area (Å²) in [5, 5.41) is 4.52. The van der Waals surface area contributed by atoms with Crippen LogP contribution in [0.2, 0.25) is 5.02 Å². The fraction of sp³-hybridized carbons (Fsp3) is 0.273. The van der Waals surface area contributed by atoms with Gasteiger partial charge in [-0.05, 0) is 34.1 Å². The van der Waals surface area contributed by atoms with Crippen molar-refractivity contribution in [1.82, 2.24) is 14.6 Å². The summed E-state index contributed by atoms with van der Waals surface area (Å²) in [6, 6.07) is 8.21. The van der Waals surface area contributed by atoms with Crippen LogP contribution in [0.1, 0.15) is 5.56 Å². The summed E-state index contributed by atoms with van der Waals surface area (Å²) >= 11 is 9.86. The van der Waals surface area contributed by atoms with E-state index in [2.05, 4.69) is 26.0 Å². The zero-order valence-electron chi connectivity index (χ0n) is 18.0. The first-order valence-electron chi connectivity index (χ1n) is 10.2. The Morgan fingerprint density at radius 2 is 2.03 bits per heavy atom. The molecule has 2 heterocycles. The van der Waals surface area contributed by atoms with Gasteiger partial charge in [-0.2, -0.15) is 5.10 Å². The van der Waals surface area contributed by atoms with E-state index in [1.807, 2.05) is 0 Å². The minimum atomic E-state index is -0.685. The molecule has 1 amide bonds. The van der Waals surface area contributed by atoms with Crippen LogP contribution in [0.15, 0.2) is 49.5 Å². The average molecular weight is 552 g/mol. The van der Waals surface area contributed by atoms with Gasteiger partial charge in [-0.15, -0.1) is 4.68 Å². The number of para-hydroxylation sites is 1. The number of H-pyrrole nitrogens is 1. The van der Waals surface area contributed by atoms with Crippen molar-refractivity contribution >= 4 is 50.6 Å². The van der Waals surface area contributed by atoms with E-state index in [0.717, 1.165) is 4.68 Å². The van der Waals surface area contributed by atoms with Crippen molar-refractivity contribution in [2.24, 2.45) is 5.10 Å². The van der Waals surface area contributed by atoms with Crippen molar-refractivity contribution in [3.8, 4) is 11.5 Å². The molecule has 1 aliphatic rings. The first-order valence-corrected chi connectivity index (χ1v) is 11.4. The number of amides is 1. The summed E-state index contributed by atoms with van der Waals surface area (Å²) in [6.07, 6.45) is 1.30. The van der Waals surface area contributed by atoms with Crippen molar-refractivity contribution in [3.05, 3.63) is 66.2 Å². The predicted octanol–water partition coefficient (Wildman–Crippen LogP) is 2.23. The molecule has 1 aliphatic heterocycles. The third-order valence-corrected chi connectivity index (χ3v) is 6.62. The number of aromatic amines is 1. The number of morpholine rings is 1. The second kappa shape index (κ2) is 10.4. The van der Waals surface area contributed by atoms with Gasteiger partial charge in [0.15, 0.2) is 18.1 Å². The Bertz CT molecular complexity index is 1380. The quantitative estimate of drug-likeness (QED) is 0.470. The number of aromatic nitrogens is 2. The number of hydrogen-bond donors (Lipinski definition) is 1. The second-order valence-electron chi connectivity index (χ2n) is 7.24. The monoisotopic (exact) mass is 550 g/mol. The Labute approximate surface area is 206 Å². The van der Waals surface area contributed by atoms with E-state index in [9.17, 15) is 14.4 Å². The molecular weight excluding hydrogens is 532 g/mol. The van der Waals surface area contributed by atoms with Crippen LogP contribution in [-0.4, -0.2) is 66.7 Å². The summed E-state index contributed by atoms with van der Waals surface area (Å²) in [5.74, 6) is 0.234. The Hall–Kier alpha value is -3.15. The van der Waals surface area contributed by atoms with Crippen LogP contribution < -0.4 is 20.7 Å². The van der Waals surface area contributed by atoms with Gasteiger partial charge in [0.25, 0.3) is 11.5 Å². The van der Waals surface area contributed by atoms with E-state index in [4.69, 9.17) is 25.8 Å². The normalized spacial score (nSPS) is 14.0. The van der Waals surface area contributed by atoms with Gasteiger partial charge in [-0.1, -0.05) is 23.7 Å². The molecule has 4 rings (SSSR count). The Balaban J connectivity index is 1.62. The Morgan fingerprint density at radius 3 is 2.76 bits per heavy atom. The molecular formula is C22H20BrClN4O6. The highest BCUT2D eigenvalue weighted by Gasteiger charge is 2.21. The first kappa shape index (κ1) is 24.0. The van der Waals surface area contributed by atoms with Crippen molar-refractivity contribution in [3.63, 3.8) is 0 Å². The van der Waals surface area contributed by atoms with E-state index in [-0.39, 0.29) is 29.0 Å². The van der Waals surface area contributed by atoms with Crippen LogP contribution in [0.5, 0.6) is 11.5 Å². The molecule has 1 aromatic heterocycles. The van der Waals surface area contributed by atoms with Crippen molar-refractivity contribution in [1.29, 1.82) is 0 Å². The molecule has 0 spiro atoms. The maximum absolute atomic E-state index is 12.7. The summed E-state index contributed by atoms with van der Waals surface area (Å²) in [5.41, 5.74) is -0.404. The average Bonchev–Trinajstić information content (AvgIpc) is 2.85. The van der Waals surface area contributed by atoms with E-state index in [1.54, 1.807) is 35.2 Å². The van der Waals surface area contributed by atoms with Gasteiger partial charge in [-0.25, -0.2) is 4.79 Å². The lowest BCUT2D eigenvalue weighted by molar-refractivity contribution is -0.137. The van der Waals surface area contributed by atoms with Crippen molar-refractivity contribution < 1.29 is 19.0 Å². The molecule has 0 saturated carbocycles. The summed E-state index contributed by atoms with van der Waals surface area (Å²) in [4.78, 5) is 41.7. The van der Waals surface area contributed by atoms with E-state index in [1.165, 1.54) is 13.3 Å². The number of carbonyl (C=O) groups is 1. The molecule has 1 saturated heterocycles. The maximum Gasteiger partial charge on any atom is 0.349 e. The molecule has 1 N–H and O–H groups in total. The first-order chi connectivity index (χ1) is 16.4. The number of benzene rings is 2. The predicted molar refractivity (Wildman–Crippen MR) is 130 cm³/mol. The van der Waals surface area contributed by atoms with E-state index >= 15 is 0 Å². The molecule has 0 atom stereocenters. The van der Waals surface area contributed by atoms with Gasteiger partial charge in [0.05, 0.1) is 37.4 Å². The van der Waals surface area contributed by atoms with Gasteiger partial charge in [-0.3, -0.25) is 9.59 Å².